The molecule has 0 saturated heterocycles. The van der Waals surface area contributed by atoms with Crippen LogP contribution in [0.2, 0.25) is 10.0 Å². The Balaban J connectivity index is 1.64. The number of carbonyl (C=O) groups is 2. The second-order valence-corrected chi connectivity index (χ2v) is 9.00. The van der Waals surface area contributed by atoms with E-state index in [0.717, 1.165) is 17.7 Å². The molecule has 37 heavy (non-hydrogen) atoms. The van der Waals surface area contributed by atoms with Crippen molar-refractivity contribution in [2.75, 3.05) is 12.4 Å². The molecule has 0 saturated carbocycles. The van der Waals surface area contributed by atoms with Gasteiger partial charge in [-0.15, -0.1) is 0 Å². The predicted molar refractivity (Wildman–Crippen MR) is 137 cm³/mol. The van der Waals surface area contributed by atoms with Crippen LogP contribution in [0.3, 0.4) is 0 Å². The van der Waals surface area contributed by atoms with Gasteiger partial charge in [0.15, 0.2) is 11.5 Å². The first-order chi connectivity index (χ1) is 17.5. The maximum atomic E-state index is 12.9. The third-order valence-corrected chi connectivity index (χ3v) is 5.81. The Kier molecular flexibility index (Phi) is 9.41. The molecular formula is C24H17BrCl2F3N3O4. The highest BCUT2D eigenvalue weighted by atomic mass is 79.9. The third-order valence-electron chi connectivity index (χ3n) is 4.65. The molecule has 0 atom stereocenters. The first kappa shape index (κ1) is 28.3. The standard InChI is InChI=1S/C24H17BrCl2F3N3O4/c1-36-20-9-14(8-17(25)21(20)37-12-13-3-2-4-16(26)7-13)11-31-33-23(35)22(34)32-19-10-15(24(28,29)30)5-6-18(19)27/h2-11H,12H2,1H3,(H,32,34)(H,33,35). The Morgan fingerprint density at radius 2 is 1.84 bits per heavy atom. The number of alkyl halides is 3. The maximum absolute atomic E-state index is 12.9. The maximum Gasteiger partial charge on any atom is 0.416 e. The summed E-state index contributed by atoms with van der Waals surface area (Å²) in [5, 5.41) is 6.13. The van der Waals surface area contributed by atoms with Gasteiger partial charge >= 0.3 is 18.0 Å². The number of ether oxygens (including phenoxy) is 2. The highest BCUT2D eigenvalue weighted by Gasteiger charge is 2.31. The molecule has 0 aliphatic heterocycles. The summed E-state index contributed by atoms with van der Waals surface area (Å²) < 4.78 is 50.4. The Labute approximate surface area is 227 Å². The second kappa shape index (κ2) is 12.3. The lowest BCUT2D eigenvalue weighted by atomic mass is 10.2. The van der Waals surface area contributed by atoms with Crippen molar-refractivity contribution >= 4 is 62.8 Å². The minimum Gasteiger partial charge on any atom is -0.493 e. The van der Waals surface area contributed by atoms with E-state index >= 15 is 0 Å². The van der Waals surface area contributed by atoms with Crippen molar-refractivity contribution in [3.8, 4) is 11.5 Å². The molecule has 3 rings (SSSR count). The number of amides is 2. The van der Waals surface area contributed by atoms with E-state index in [1.54, 1.807) is 30.3 Å². The number of hydrazone groups is 1. The van der Waals surface area contributed by atoms with E-state index in [9.17, 15) is 22.8 Å². The fraction of sp³-hybridized carbons (Fsp3) is 0.125. The first-order valence-electron chi connectivity index (χ1n) is 10.2. The van der Waals surface area contributed by atoms with Crippen molar-refractivity contribution in [3.05, 3.63) is 85.8 Å². The highest BCUT2D eigenvalue weighted by Crippen LogP contribution is 2.37. The van der Waals surface area contributed by atoms with Crippen LogP contribution in [-0.2, 0) is 22.4 Å². The molecule has 2 amide bonds. The number of hydrogen-bond acceptors (Lipinski definition) is 5. The topological polar surface area (TPSA) is 89.0 Å². The summed E-state index contributed by atoms with van der Waals surface area (Å²) in [4.78, 5) is 24.1. The molecule has 0 aliphatic carbocycles. The van der Waals surface area contributed by atoms with E-state index in [1.807, 2.05) is 16.8 Å². The zero-order valence-electron chi connectivity index (χ0n) is 18.8. The van der Waals surface area contributed by atoms with E-state index in [1.165, 1.54) is 13.3 Å². The van der Waals surface area contributed by atoms with Crippen LogP contribution < -0.4 is 20.2 Å². The number of hydrogen-bond donors (Lipinski definition) is 2. The van der Waals surface area contributed by atoms with Crippen molar-refractivity contribution in [2.24, 2.45) is 5.10 Å². The quantitative estimate of drug-likeness (QED) is 0.181. The summed E-state index contributed by atoms with van der Waals surface area (Å²) in [7, 11) is 1.44. The molecule has 2 N–H and O–H groups in total. The van der Waals surface area contributed by atoms with Crippen molar-refractivity contribution < 1.29 is 32.2 Å². The van der Waals surface area contributed by atoms with Crippen LogP contribution in [-0.4, -0.2) is 25.1 Å². The van der Waals surface area contributed by atoms with Gasteiger partial charge in [0.2, 0.25) is 0 Å². The second-order valence-electron chi connectivity index (χ2n) is 7.30. The number of rotatable bonds is 7. The molecule has 0 fully saturated rings. The van der Waals surface area contributed by atoms with Gasteiger partial charge in [-0.3, -0.25) is 9.59 Å². The van der Waals surface area contributed by atoms with Crippen molar-refractivity contribution in [1.29, 1.82) is 0 Å². The number of halogens is 6. The van der Waals surface area contributed by atoms with Crippen LogP contribution >= 0.6 is 39.1 Å². The molecule has 194 valence electrons. The van der Waals surface area contributed by atoms with E-state index in [4.69, 9.17) is 32.7 Å². The van der Waals surface area contributed by atoms with Crippen LogP contribution in [0.4, 0.5) is 18.9 Å². The van der Waals surface area contributed by atoms with Crippen LogP contribution in [0.1, 0.15) is 16.7 Å². The summed E-state index contributed by atoms with van der Waals surface area (Å²) in [5.74, 6) is -1.71. The minimum atomic E-state index is -4.65. The Hall–Kier alpha value is -3.28. The van der Waals surface area contributed by atoms with E-state index < -0.39 is 23.6 Å². The number of nitrogens with one attached hydrogen (secondary N) is 2. The molecule has 0 aliphatic rings. The largest absolute Gasteiger partial charge is 0.493 e. The normalized spacial score (nSPS) is 11.3. The molecule has 0 aromatic heterocycles. The van der Waals surface area contributed by atoms with E-state index in [2.05, 4.69) is 21.0 Å². The lowest BCUT2D eigenvalue weighted by Gasteiger charge is -2.13. The molecule has 3 aromatic carbocycles. The number of methoxy groups -OCH3 is 1. The van der Waals surface area contributed by atoms with E-state index in [0.29, 0.717) is 32.6 Å². The predicted octanol–water partition coefficient (Wildman–Crippen LogP) is 6.45. The average Bonchev–Trinajstić information content (AvgIpc) is 2.83. The zero-order valence-corrected chi connectivity index (χ0v) is 21.9. The van der Waals surface area contributed by atoms with Crippen LogP contribution in [0.15, 0.2) is 64.2 Å². The SMILES string of the molecule is COc1cc(C=NNC(=O)C(=O)Nc2cc(C(F)(F)F)ccc2Cl)cc(Br)c1OCc1cccc(Cl)c1. The molecule has 0 radical (unpaired) electrons. The smallest absolute Gasteiger partial charge is 0.416 e. The monoisotopic (exact) mass is 617 g/mol. The summed E-state index contributed by atoms with van der Waals surface area (Å²) in [6.07, 6.45) is -3.42. The Bertz CT molecular complexity index is 1350. The number of carbonyl (C=O) groups excluding carboxylic acids is 2. The van der Waals surface area contributed by atoms with Crippen LogP contribution in [0, 0.1) is 0 Å². The van der Waals surface area contributed by atoms with Gasteiger partial charge < -0.3 is 14.8 Å². The average molecular weight is 619 g/mol. The summed E-state index contributed by atoms with van der Waals surface area (Å²) in [5.41, 5.74) is 1.90. The number of nitrogens with zero attached hydrogens (tertiary/aromatic N) is 1. The molecule has 3 aromatic rings. The van der Waals surface area contributed by atoms with Crippen LogP contribution in [0.25, 0.3) is 0 Å². The van der Waals surface area contributed by atoms with Crippen molar-refractivity contribution in [3.63, 3.8) is 0 Å². The molecular weight excluding hydrogens is 602 g/mol. The molecule has 13 heteroatoms. The van der Waals surface area contributed by atoms with Gasteiger partial charge in [-0.2, -0.15) is 18.3 Å². The lowest BCUT2D eigenvalue weighted by molar-refractivity contribution is -0.137. The number of benzene rings is 3. The summed E-state index contributed by atoms with van der Waals surface area (Å²) >= 11 is 15.2. The van der Waals surface area contributed by atoms with Crippen molar-refractivity contribution in [2.45, 2.75) is 12.8 Å². The molecule has 0 heterocycles. The Morgan fingerprint density at radius 3 is 2.51 bits per heavy atom. The van der Waals surface area contributed by atoms with Crippen molar-refractivity contribution in [1.82, 2.24) is 5.43 Å². The number of anilines is 1. The molecule has 0 unspecified atom stereocenters. The van der Waals surface area contributed by atoms with Gasteiger partial charge in [-0.25, -0.2) is 5.43 Å². The molecule has 0 bridgehead atoms. The van der Waals surface area contributed by atoms with Gasteiger partial charge in [-0.1, -0.05) is 35.3 Å². The lowest BCUT2D eigenvalue weighted by Crippen LogP contribution is -2.32. The first-order valence-corrected chi connectivity index (χ1v) is 11.8. The van der Waals surface area contributed by atoms with Gasteiger partial charge in [0.05, 0.1) is 34.1 Å². The Morgan fingerprint density at radius 1 is 1.08 bits per heavy atom. The van der Waals surface area contributed by atoms with Gasteiger partial charge in [0.1, 0.15) is 6.61 Å². The van der Waals surface area contributed by atoms with E-state index in [-0.39, 0.29) is 17.3 Å². The van der Waals surface area contributed by atoms with Gasteiger partial charge in [0.25, 0.3) is 0 Å². The highest BCUT2D eigenvalue weighted by molar-refractivity contribution is 9.10. The fourth-order valence-electron chi connectivity index (χ4n) is 2.93. The van der Waals surface area contributed by atoms with Crippen LogP contribution in [0.5, 0.6) is 11.5 Å². The van der Waals surface area contributed by atoms with Gasteiger partial charge in [0, 0.05) is 5.02 Å². The third kappa shape index (κ3) is 7.85. The van der Waals surface area contributed by atoms with Gasteiger partial charge in [-0.05, 0) is 69.5 Å². The molecule has 7 nitrogen and oxygen atoms in total. The summed E-state index contributed by atoms with van der Waals surface area (Å²) in [6.45, 7) is 0.226. The fourth-order valence-corrected chi connectivity index (χ4v) is 3.88. The molecule has 0 spiro atoms. The zero-order chi connectivity index (χ0) is 27.2. The summed E-state index contributed by atoms with van der Waals surface area (Å²) in [6, 6.07) is 12.7. The minimum absolute atomic E-state index is 0.174.